The summed E-state index contributed by atoms with van der Waals surface area (Å²) in [5.41, 5.74) is 0. The van der Waals surface area contributed by atoms with E-state index < -0.39 is 0 Å². The van der Waals surface area contributed by atoms with Crippen molar-refractivity contribution in [1.29, 1.82) is 0 Å². The summed E-state index contributed by atoms with van der Waals surface area (Å²) >= 11 is 1.77. The van der Waals surface area contributed by atoms with E-state index in [4.69, 9.17) is 0 Å². The lowest BCUT2D eigenvalue weighted by atomic mass is 10.3. The number of aromatic nitrogens is 2. The molecule has 2 aromatic heterocycles. The highest BCUT2D eigenvalue weighted by molar-refractivity contribution is 7.18. The summed E-state index contributed by atoms with van der Waals surface area (Å²) in [5, 5.41) is 4.35. The van der Waals surface area contributed by atoms with E-state index in [2.05, 4.69) is 40.2 Å². The van der Waals surface area contributed by atoms with Crippen molar-refractivity contribution in [2.45, 2.75) is 19.8 Å². The quantitative estimate of drug-likeness (QED) is 0.813. The summed E-state index contributed by atoms with van der Waals surface area (Å²) in [6.45, 7) is 4.21. The Kier molecular flexibility index (Phi) is 4.49. The predicted octanol–water partition coefficient (Wildman–Crippen LogP) is 2.30. The van der Waals surface area contributed by atoms with Gasteiger partial charge in [0.2, 0.25) is 0 Å². The minimum absolute atomic E-state index is 1.00. The highest BCUT2D eigenvalue weighted by Crippen LogP contribution is 2.29. The molecule has 2 heterocycles. The molecule has 1 N–H and O–H groups in total. The molecule has 4 nitrogen and oxygen atoms in total. The molecule has 5 heteroatoms. The van der Waals surface area contributed by atoms with E-state index >= 15 is 0 Å². The van der Waals surface area contributed by atoms with Crippen molar-refractivity contribution < 1.29 is 0 Å². The van der Waals surface area contributed by atoms with Crippen LogP contribution in [-0.2, 0) is 6.42 Å². The van der Waals surface area contributed by atoms with E-state index in [9.17, 15) is 0 Å². The van der Waals surface area contributed by atoms with Gasteiger partial charge in [0.1, 0.15) is 17.0 Å². The molecule has 0 bridgehead atoms. The molecule has 0 amide bonds. The van der Waals surface area contributed by atoms with Crippen LogP contribution in [0.4, 0.5) is 5.82 Å². The first-order valence-corrected chi connectivity index (χ1v) is 7.17. The third-order valence-electron chi connectivity index (χ3n) is 2.99. The Balaban J connectivity index is 2.23. The molecule has 0 saturated carbocycles. The number of fused-ring (bicyclic) bond motifs is 1. The molecular formula is C13H20N4S. The van der Waals surface area contributed by atoms with Gasteiger partial charge >= 0.3 is 0 Å². The van der Waals surface area contributed by atoms with E-state index in [-0.39, 0.29) is 0 Å². The van der Waals surface area contributed by atoms with Gasteiger partial charge in [-0.25, -0.2) is 9.97 Å². The third kappa shape index (κ3) is 2.79. The second-order valence-corrected chi connectivity index (χ2v) is 5.48. The topological polar surface area (TPSA) is 41.0 Å². The van der Waals surface area contributed by atoms with Crippen LogP contribution in [0.2, 0.25) is 0 Å². The van der Waals surface area contributed by atoms with Gasteiger partial charge in [-0.15, -0.1) is 11.3 Å². The van der Waals surface area contributed by atoms with Crippen LogP contribution in [0, 0.1) is 0 Å². The summed E-state index contributed by atoms with van der Waals surface area (Å²) in [6.07, 6.45) is 3.84. The minimum Gasteiger partial charge on any atom is -0.359 e. The van der Waals surface area contributed by atoms with Crippen molar-refractivity contribution in [3.05, 3.63) is 17.3 Å². The van der Waals surface area contributed by atoms with Gasteiger partial charge in [-0.05, 0) is 32.5 Å². The monoisotopic (exact) mass is 264 g/mol. The summed E-state index contributed by atoms with van der Waals surface area (Å²) < 4.78 is 0. The Hall–Kier alpha value is -1.20. The molecule has 0 radical (unpaired) electrons. The van der Waals surface area contributed by atoms with Crippen LogP contribution >= 0.6 is 11.3 Å². The second-order valence-electron chi connectivity index (χ2n) is 4.36. The maximum Gasteiger partial charge on any atom is 0.140 e. The molecule has 98 valence electrons. The summed E-state index contributed by atoms with van der Waals surface area (Å²) in [5.74, 6) is 1.05. The maximum absolute atomic E-state index is 4.43. The molecule has 0 unspecified atom stereocenters. The van der Waals surface area contributed by atoms with Crippen LogP contribution in [0.5, 0.6) is 0 Å². The first-order chi connectivity index (χ1) is 8.76. The van der Waals surface area contributed by atoms with Gasteiger partial charge in [0.25, 0.3) is 0 Å². The normalized spacial score (nSPS) is 11.1. The molecule has 0 atom stereocenters. The van der Waals surface area contributed by atoms with Crippen molar-refractivity contribution >= 4 is 27.4 Å². The summed E-state index contributed by atoms with van der Waals surface area (Å²) in [6, 6.07) is 2.23. The van der Waals surface area contributed by atoms with Gasteiger partial charge < -0.3 is 10.2 Å². The van der Waals surface area contributed by atoms with Gasteiger partial charge in [-0.1, -0.05) is 6.92 Å². The molecule has 18 heavy (non-hydrogen) atoms. The molecular weight excluding hydrogens is 244 g/mol. The van der Waals surface area contributed by atoms with Crippen molar-refractivity contribution in [1.82, 2.24) is 15.3 Å². The van der Waals surface area contributed by atoms with Crippen LogP contribution in [-0.4, -0.2) is 37.2 Å². The summed E-state index contributed by atoms with van der Waals surface area (Å²) in [4.78, 5) is 13.5. The van der Waals surface area contributed by atoms with E-state index in [1.54, 1.807) is 17.7 Å². The van der Waals surface area contributed by atoms with Crippen LogP contribution < -0.4 is 10.2 Å². The Morgan fingerprint density at radius 1 is 1.39 bits per heavy atom. The van der Waals surface area contributed by atoms with Crippen molar-refractivity contribution in [3.63, 3.8) is 0 Å². The zero-order valence-corrected chi connectivity index (χ0v) is 12.0. The van der Waals surface area contributed by atoms with E-state index in [1.807, 2.05) is 7.05 Å². The van der Waals surface area contributed by atoms with Crippen molar-refractivity contribution in [3.8, 4) is 0 Å². The molecule has 0 aliphatic heterocycles. The van der Waals surface area contributed by atoms with E-state index in [0.717, 1.165) is 36.6 Å². The molecule has 0 aliphatic rings. The Morgan fingerprint density at radius 3 is 2.94 bits per heavy atom. The van der Waals surface area contributed by atoms with Gasteiger partial charge in [-0.3, -0.25) is 0 Å². The standard InChI is InChI=1S/C13H20N4S/c1-4-10-8-11-12(15-9-16-13(11)18-10)17(3)7-5-6-14-2/h8-9,14H,4-7H2,1-3H3. The lowest BCUT2D eigenvalue weighted by molar-refractivity contribution is 0.710. The van der Waals surface area contributed by atoms with Crippen LogP contribution in [0.1, 0.15) is 18.2 Å². The fraction of sp³-hybridized carbons (Fsp3) is 0.538. The SMILES string of the molecule is CCc1cc2c(N(C)CCCNC)ncnc2s1. The van der Waals surface area contributed by atoms with Crippen molar-refractivity contribution in [2.75, 3.05) is 32.1 Å². The molecule has 0 spiro atoms. The number of thiophene rings is 1. The molecule has 0 aliphatic carbocycles. The zero-order valence-electron chi connectivity index (χ0n) is 11.2. The molecule has 0 aromatic carbocycles. The van der Waals surface area contributed by atoms with Crippen LogP contribution in [0.25, 0.3) is 10.2 Å². The van der Waals surface area contributed by atoms with Crippen LogP contribution in [0.15, 0.2) is 12.4 Å². The Labute approximate surface area is 112 Å². The second kappa shape index (κ2) is 6.11. The number of aryl methyl sites for hydroxylation is 1. The van der Waals surface area contributed by atoms with Gasteiger partial charge in [0.15, 0.2) is 0 Å². The fourth-order valence-corrected chi connectivity index (χ4v) is 2.90. The smallest absolute Gasteiger partial charge is 0.140 e. The average molecular weight is 264 g/mol. The lowest BCUT2D eigenvalue weighted by Crippen LogP contribution is -2.23. The Morgan fingerprint density at radius 2 is 2.22 bits per heavy atom. The predicted molar refractivity (Wildman–Crippen MR) is 78.6 cm³/mol. The minimum atomic E-state index is 1.00. The first-order valence-electron chi connectivity index (χ1n) is 6.35. The lowest BCUT2D eigenvalue weighted by Gasteiger charge is -2.18. The maximum atomic E-state index is 4.43. The van der Waals surface area contributed by atoms with Crippen molar-refractivity contribution in [2.24, 2.45) is 0 Å². The molecule has 0 fully saturated rings. The van der Waals surface area contributed by atoms with E-state index in [0.29, 0.717) is 0 Å². The highest BCUT2D eigenvalue weighted by atomic mass is 32.1. The van der Waals surface area contributed by atoms with Crippen LogP contribution in [0.3, 0.4) is 0 Å². The van der Waals surface area contributed by atoms with Gasteiger partial charge in [0, 0.05) is 18.5 Å². The number of rotatable bonds is 6. The fourth-order valence-electron chi connectivity index (χ4n) is 1.97. The first kappa shape index (κ1) is 13.2. The number of nitrogens with one attached hydrogen (secondary N) is 1. The van der Waals surface area contributed by atoms with Gasteiger partial charge in [-0.2, -0.15) is 0 Å². The highest BCUT2D eigenvalue weighted by Gasteiger charge is 2.11. The summed E-state index contributed by atoms with van der Waals surface area (Å²) in [7, 11) is 4.08. The molecule has 0 saturated heterocycles. The Bertz CT molecular complexity index is 509. The number of hydrogen-bond acceptors (Lipinski definition) is 5. The van der Waals surface area contributed by atoms with Gasteiger partial charge in [0.05, 0.1) is 5.39 Å². The largest absolute Gasteiger partial charge is 0.359 e. The zero-order chi connectivity index (χ0) is 13.0. The molecule has 2 rings (SSSR count). The number of hydrogen-bond donors (Lipinski definition) is 1. The average Bonchev–Trinajstić information content (AvgIpc) is 2.81. The number of nitrogens with zero attached hydrogens (tertiary/aromatic N) is 3. The third-order valence-corrected chi connectivity index (χ3v) is 4.18. The van der Waals surface area contributed by atoms with E-state index in [1.165, 1.54) is 10.3 Å². The molecule has 2 aromatic rings. The number of anilines is 1.